The van der Waals surface area contributed by atoms with Gasteiger partial charge in [-0.05, 0) is 56.7 Å². The molecule has 184 valence electrons. The van der Waals surface area contributed by atoms with E-state index in [0.717, 1.165) is 23.3 Å². The summed E-state index contributed by atoms with van der Waals surface area (Å²) in [6.07, 6.45) is 5.46. The molecule has 3 aromatic rings. The minimum atomic E-state index is -0.687. The third-order valence-electron chi connectivity index (χ3n) is 5.58. The minimum Gasteiger partial charge on any atom is -0.481 e. The molecule has 8 nitrogen and oxygen atoms in total. The number of hydrogen-bond acceptors (Lipinski definition) is 6. The highest BCUT2D eigenvalue weighted by Gasteiger charge is 2.19. The van der Waals surface area contributed by atoms with Gasteiger partial charge in [-0.2, -0.15) is 4.98 Å². The first kappa shape index (κ1) is 25.8. The first-order valence-electron chi connectivity index (χ1n) is 11.5. The normalized spacial score (nSPS) is 11.0. The SMILES string of the molecule is C#CCOc1ccc2c(c1)c(-c1ccc(C(C)C)cc1)nc(=O)n2OC(=O)N(C)CCCN(C)C. The van der Waals surface area contributed by atoms with Crippen LogP contribution < -0.4 is 15.3 Å². The molecule has 0 aliphatic heterocycles. The van der Waals surface area contributed by atoms with Crippen LogP contribution in [0.2, 0.25) is 0 Å². The van der Waals surface area contributed by atoms with Crippen LogP contribution in [0.1, 0.15) is 31.7 Å². The number of nitrogens with zero attached hydrogens (tertiary/aromatic N) is 4. The fraction of sp³-hybridized carbons (Fsp3) is 0.370. The van der Waals surface area contributed by atoms with Crippen LogP contribution in [0.4, 0.5) is 4.79 Å². The molecule has 3 rings (SSSR count). The lowest BCUT2D eigenvalue weighted by atomic mass is 9.99. The molecule has 0 spiro atoms. The Bertz CT molecular complexity index is 1270. The van der Waals surface area contributed by atoms with Crippen LogP contribution >= 0.6 is 0 Å². The first-order chi connectivity index (χ1) is 16.7. The van der Waals surface area contributed by atoms with Crippen molar-refractivity contribution < 1.29 is 14.4 Å². The van der Waals surface area contributed by atoms with E-state index in [9.17, 15) is 9.59 Å². The highest BCUT2D eigenvalue weighted by atomic mass is 16.7. The summed E-state index contributed by atoms with van der Waals surface area (Å²) < 4.78 is 6.51. The predicted molar refractivity (Wildman–Crippen MR) is 138 cm³/mol. The predicted octanol–water partition coefficient (Wildman–Crippen LogP) is 3.63. The number of fused-ring (bicyclic) bond motifs is 1. The van der Waals surface area contributed by atoms with Crippen molar-refractivity contribution in [2.75, 3.05) is 40.8 Å². The second-order valence-electron chi connectivity index (χ2n) is 8.92. The fourth-order valence-corrected chi connectivity index (χ4v) is 3.60. The topological polar surface area (TPSA) is 76.9 Å². The van der Waals surface area contributed by atoms with E-state index in [4.69, 9.17) is 16.0 Å². The molecule has 0 saturated heterocycles. The van der Waals surface area contributed by atoms with Gasteiger partial charge in [0.25, 0.3) is 0 Å². The van der Waals surface area contributed by atoms with Gasteiger partial charge < -0.3 is 19.4 Å². The highest BCUT2D eigenvalue weighted by molar-refractivity contribution is 5.93. The molecule has 0 saturated carbocycles. The van der Waals surface area contributed by atoms with Crippen LogP contribution in [-0.2, 0) is 0 Å². The Morgan fingerprint density at radius 1 is 1.11 bits per heavy atom. The summed E-state index contributed by atoms with van der Waals surface area (Å²) in [4.78, 5) is 38.9. The summed E-state index contributed by atoms with van der Waals surface area (Å²) in [5.74, 6) is 3.34. The van der Waals surface area contributed by atoms with E-state index < -0.39 is 11.8 Å². The first-order valence-corrected chi connectivity index (χ1v) is 11.5. The molecule has 2 aromatic carbocycles. The van der Waals surface area contributed by atoms with Crippen LogP contribution in [0.5, 0.6) is 5.75 Å². The molecule has 35 heavy (non-hydrogen) atoms. The van der Waals surface area contributed by atoms with Gasteiger partial charge in [0.1, 0.15) is 12.4 Å². The lowest BCUT2D eigenvalue weighted by Gasteiger charge is -2.19. The van der Waals surface area contributed by atoms with Crippen LogP contribution in [0.25, 0.3) is 22.2 Å². The van der Waals surface area contributed by atoms with Gasteiger partial charge in [0.05, 0.1) is 11.2 Å². The molecule has 0 unspecified atom stereocenters. The lowest BCUT2D eigenvalue weighted by Crippen LogP contribution is -2.40. The third-order valence-corrected chi connectivity index (χ3v) is 5.58. The number of carbonyl (C=O) groups excluding carboxylic acids is 1. The van der Waals surface area contributed by atoms with Gasteiger partial charge in [0.2, 0.25) is 0 Å². The molecule has 1 aromatic heterocycles. The Kier molecular flexibility index (Phi) is 8.50. The summed E-state index contributed by atoms with van der Waals surface area (Å²) in [7, 11) is 5.57. The summed E-state index contributed by atoms with van der Waals surface area (Å²) in [6, 6.07) is 13.0. The zero-order valence-electron chi connectivity index (χ0n) is 20.9. The van der Waals surface area contributed by atoms with E-state index in [1.54, 1.807) is 25.2 Å². The lowest BCUT2D eigenvalue weighted by molar-refractivity contribution is 0.0986. The van der Waals surface area contributed by atoms with Crippen LogP contribution in [-0.4, -0.2) is 66.4 Å². The maximum absolute atomic E-state index is 13.0. The van der Waals surface area contributed by atoms with E-state index in [2.05, 4.69) is 24.8 Å². The Hall–Kier alpha value is -3.83. The zero-order valence-corrected chi connectivity index (χ0v) is 20.9. The molecule has 1 heterocycles. The van der Waals surface area contributed by atoms with Gasteiger partial charge >= 0.3 is 11.8 Å². The maximum atomic E-state index is 13.0. The van der Waals surface area contributed by atoms with E-state index in [1.807, 2.05) is 43.3 Å². The van der Waals surface area contributed by atoms with E-state index in [1.165, 1.54) is 10.5 Å². The smallest absolute Gasteiger partial charge is 0.434 e. The Morgan fingerprint density at radius 2 is 1.83 bits per heavy atom. The molecule has 0 fully saturated rings. The van der Waals surface area contributed by atoms with Crippen LogP contribution in [0, 0.1) is 12.3 Å². The number of carbonyl (C=O) groups is 1. The van der Waals surface area contributed by atoms with Crippen molar-refractivity contribution in [3.8, 4) is 29.4 Å². The Morgan fingerprint density at radius 3 is 2.46 bits per heavy atom. The van der Waals surface area contributed by atoms with Gasteiger partial charge in [-0.1, -0.05) is 44.0 Å². The average molecular weight is 477 g/mol. The number of ether oxygens (including phenoxy) is 1. The Balaban J connectivity index is 2.03. The number of amides is 1. The molecular formula is C27H32N4O4. The molecule has 0 bridgehead atoms. The molecule has 0 N–H and O–H groups in total. The van der Waals surface area contributed by atoms with Crippen molar-refractivity contribution in [3.63, 3.8) is 0 Å². The van der Waals surface area contributed by atoms with Gasteiger partial charge in [-0.15, -0.1) is 11.2 Å². The van der Waals surface area contributed by atoms with Crippen molar-refractivity contribution >= 4 is 17.0 Å². The second kappa shape index (κ2) is 11.5. The quantitative estimate of drug-likeness (QED) is 0.439. The largest absolute Gasteiger partial charge is 0.481 e. The van der Waals surface area contributed by atoms with Crippen molar-refractivity contribution in [1.82, 2.24) is 19.5 Å². The fourth-order valence-electron chi connectivity index (χ4n) is 3.60. The molecule has 8 heteroatoms. The molecule has 0 aliphatic rings. The summed E-state index contributed by atoms with van der Waals surface area (Å²) >= 11 is 0. The van der Waals surface area contributed by atoms with Crippen LogP contribution in [0.15, 0.2) is 47.3 Å². The Labute approximate surface area is 206 Å². The number of terminal acetylenes is 1. The van der Waals surface area contributed by atoms with Crippen molar-refractivity contribution in [1.29, 1.82) is 0 Å². The highest BCUT2D eigenvalue weighted by Crippen LogP contribution is 2.29. The number of hydrogen-bond donors (Lipinski definition) is 0. The zero-order chi connectivity index (χ0) is 25.5. The summed E-state index contributed by atoms with van der Waals surface area (Å²) in [6.45, 7) is 5.65. The van der Waals surface area contributed by atoms with Crippen molar-refractivity contribution in [2.45, 2.75) is 26.2 Å². The second-order valence-corrected chi connectivity index (χ2v) is 8.92. The van der Waals surface area contributed by atoms with Crippen molar-refractivity contribution in [3.05, 3.63) is 58.5 Å². The maximum Gasteiger partial charge on any atom is 0.434 e. The number of rotatable bonds is 9. The number of aromatic nitrogens is 2. The standard InChI is InChI=1S/C27H32N4O4/c1-7-17-34-22-13-14-24-23(18-22)25(21-11-9-20(10-12-21)19(2)3)28-26(32)31(24)35-27(33)30(6)16-8-15-29(4)5/h1,9-14,18-19H,8,15-17H2,2-6H3. The number of benzene rings is 2. The molecule has 0 atom stereocenters. The molecule has 0 aliphatic carbocycles. The van der Waals surface area contributed by atoms with Gasteiger partial charge in [-0.3, -0.25) is 0 Å². The van der Waals surface area contributed by atoms with E-state index >= 15 is 0 Å². The molecule has 0 radical (unpaired) electrons. The van der Waals surface area contributed by atoms with Gasteiger partial charge in [0, 0.05) is 24.5 Å². The van der Waals surface area contributed by atoms with E-state index in [-0.39, 0.29) is 6.61 Å². The van der Waals surface area contributed by atoms with Gasteiger partial charge in [-0.25, -0.2) is 9.59 Å². The summed E-state index contributed by atoms with van der Waals surface area (Å²) in [5, 5.41) is 0.597. The van der Waals surface area contributed by atoms with E-state index in [0.29, 0.717) is 34.8 Å². The molecular weight excluding hydrogens is 444 g/mol. The summed E-state index contributed by atoms with van der Waals surface area (Å²) in [5.41, 5.74) is 2.13. The van der Waals surface area contributed by atoms with Crippen LogP contribution in [0.3, 0.4) is 0 Å². The minimum absolute atomic E-state index is 0.101. The van der Waals surface area contributed by atoms with Crippen molar-refractivity contribution in [2.24, 2.45) is 0 Å². The monoisotopic (exact) mass is 476 g/mol. The van der Waals surface area contributed by atoms with Gasteiger partial charge in [0.15, 0.2) is 0 Å². The molecule has 1 amide bonds. The average Bonchev–Trinajstić information content (AvgIpc) is 2.83. The third kappa shape index (κ3) is 6.40.